The molecule has 7 nitrogen and oxygen atoms in total. The van der Waals surface area contributed by atoms with Gasteiger partial charge in [0.05, 0.1) is 4.90 Å². The van der Waals surface area contributed by atoms with Crippen molar-refractivity contribution in [2.75, 3.05) is 32.7 Å². The van der Waals surface area contributed by atoms with Crippen LogP contribution in [-0.2, 0) is 19.6 Å². The quantitative estimate of drug-likeness (QED) is 0.739. The van der Waals surface area contributed by atoms with Crippen LogP contribution in [0.15, 0.2) is 35.2 Å². The van der Waals surface area contributed by atoms with E-state index in [4.69, 9.17) is 0 Å². The molecule has 1 aromatic carbocycles. The normalized spacial score (nSPS) is 15.6. The Morgan fingerprint density at radius 3 is 2.15 bits per heavy atom. The van der Waals surface area contributed by atoms with Crippen molar-refractivity contribution in [3.63, 3.8) is 0 Å². The first-order valence-electron chi connectivity index (χ1n) is 9.10. The molecular weight excluding hydrogens is 366 g/mol. The number of carbonyl (C=O) groups is 2. The van der Waals surface area contributed by atoms with Gasteiger partial charge in [-0.3, -0.25) is 9.59 Å². The molecule has 2 rings (SSSR count). The van der Waals surface area contributed by atoms with E-state index in [0.29, 0.717) is 32.7 Å². The van der Waals surface area contributed by atoms with E-state index in [1.807, 2.05) is 13.8 Å². The minimum absolute atomic E-state index is 0.0357. The fraction of sp³-hybridized carbons (Fsp3) is 0.474. The summed E-state index contributed by atoms with van der Waals surface area (Å²) >= 11 is 0. The Morgan fingerprint density at radius 1 is 1.07 bits per heavy atom. The lowest BCUT2D eigenvalue weighted by molar-refractivity contribution is -0.139. The number of nitrogens with zero attached hydrogens (tertiary/aromatic N) is 2. The molecule has 0 saturated carbocycles. The minimum atomic E-state index is -3.48. The second-order valence-corrected chi connectivity index (χ2v) is 8.48. The minimum Gasteiger partial charge on any atom is -0.339 e. The van der Waals surface area contributed by atoms with Crippen LogP contribution in [0.2, 0.25) is 0 Å². The summed E-state index contributed by atoms with van der Waals surface area (Å²) in [7, 11) is -3.48. The van der Waals surface area contributed by atoms with Crippen molar-refractivity contribution >= 4 is 27.9 Å². The van der Waals surface area contributed by atoms with Gasteiger partial charge in [0.2, 0.25) is 21.8 Å². The zero-order chi connectivity index (χ0) is 20.0. The maximum Gasteiger partial charge on any atom is 0.246 e. The van der Waals surface area contributed by atoms with Crippen LogP contribution in [0.1, 0.15) is 26.3 Å². The van der Waals surface area contributed by atoms with Gasteiger partial charge in [0.1, 0.15) is 0 Å². The number of rotatable bonds is 6. The first kappa shape index (κ1) is 21.1. The zero-order valence-electron chi connectivity index (χ0n) is 16.0. The lowest BCUT2D eigenvalue weighted by Crippen LogP contribution is -2.51. The van der Waals surface area contributed by atoms with Crippen LogP contribution in [0.5, 0.6) is 0 Å². The van der Waals surface area contributed by atoms with Crippen LogP contribution in [0.3, 0.4) is 0 Å². The average molecular weight is 394 g/mol. The molecule has 1 N–H and O–H groups in total. The summed E-state index contributed by atoms with van der Waals surface area (Å²) in [5, 5.41) is 0. The van der Waals surface area contributed by atoms with Crippen LogP contribution in [0, 0.1) is 5.92 Å². The summed E-state index contributed by atoms with van der Waals surface area (Å²) in [5.74, 6) is -0.0345. The predicted molar refractivity (Wildman–Crippen MR) is 104 cm³/mol. The number of sulfonamides is 1. The molecule has 0 aliphatic carbocycles. The van der Waals surface area contributed by atoms with E-state index in [0.717, 1.165) is 5.56 Å². The molecule has 1 heterocycles. The molecule has 0 aromatic heterocycles. The molecule has 2 amide bonds. The fourth-order valence-corrected chi connectivity index (χ4v) is 3.86. The summed E-state index contributed by atoms with van der Waals surface area (Å²) in [6.45, 7) is 7.92. The van der Waals surface area contributed by atoms with Crippen molar-refractivity contribution in [1.29, 1.82) is 0 Å². The fourth-order valence-electron chi connectivity index (χ4n) is 2.82. The molecule has 1 aliphatic heterocycles. The van der Waals surface area contributed by atoms with Gasteiger partial charge in [-0.25, -0.2) is 13.1 Å². The Balaban J connectivity index is 1.93. The highest BCUT2D eigenvalue weighted by Gasteiger charge is 2.24. The van der Waals surface area contributed by atoms with Crippen molar-refractivity contribution in [3.8, 4) is 0 Å². The molecule has 1 saturated heterocycles. The number of benzene rings is 1. The number of piperazine rings is 1. The van der Waals surface area contributed by atoms with Crippen molar-refractivity contribution in [2.45, 2.75) is 25.7 Å². The summed E-state index contributed by atoms with van der Waals surface area (Å²) in [6.07, 6.45) is 3.14. The smallest absolute Gasteiger partial charge is 0.246 e. The Hall–Kier alpha value is -2.19. The lowest BCUT2D eigenvalue weighted by Gasteiger charge is -2.35. The van der Waals surface area contributed by atoms with Gasteiger partial charge < -0.3 is 9.80 Å². The van der Waals surface area contributed by atoms with Gasteiger partial charge in [0.25, 0.3) is 0 Å². The second-order valence-electron chi connectivity index (χ2n) is 6.71. The monoisotopic (exact) mass is 393 g/mol. The molecule has 148 valence electrons. The first-order chi connectivity index (χ1) is 12.7. The Morgan fingerprint density at radius 2 is 1.63 bits per heavy atom. The molecular formula is C19H27N3O4S. The van der Waals surface area contributed by atoms with Crippen molar-refractivity contribution in [2.24, 2.45) is 5.92 Å². The third-order valence-corrected chi connectivity index (χ3v) is 5.90. The Labute approximate surface area is 161 Å². The van der Waals surface area contributed by atoms with Crippen molar-refractivity contribution < 1.29 is 18.0 Å². The molecule has 8 heteroatoms. The molecule has 0 atom stereocenters. The third kappa shape index (κ3) is 5.64. The molecule has 0 unspecified atom stereocenters. The molecule has 0 radical (unpaired) electrons. The summed E-state index contributed by atoms with van der Waals surface area (Å²) < 4.78 is 26.3. The van der Waals surface area contributed by atoms with E-state index in [-0.39, 0.29) is 22.6 Å². The predicted octanol–water partition coefficient (Wildman–Crippen LogP) is 1.32. The van der Waals surface area contributed by atoms with E-state index in [1.165, 1.54) is 18.2 Å². The van der Waals surface area contributed by atoms with E-state index in [2.05, 4.69) is 4.72 Å². The van der Waals surface area contributed by atoms with E-state index in [1.54, 1.807) is 34.9 Å². The highest BCUT2D eigenvalue weighted by molar-refractivity contribution is 7.89. The van der Waals surface area contributed by atoms with Gasteiger partial charge in [0.15, 0.2) is 0 Å². The molecule has 0 bridgehead atoms. The van der Waals surface area contributed by atoms with Gasteiger partial charge in [0, 0.05) is 44.7 Å². The van der Waals surface area contributed by atoms with Crippen LogP contribution >= 0.6 is 0 Å². The van der Waals surface area contributed by atoms with Gasteiger partial charge in [-0.2, -0.15) is 0 Å². The summed E-state index contributed by atoms with van der Waals surface area (Å²) in [5.41, 5.74) is 0.743. The van der Waals surface area contributed by atoms with E-state index < -0.39 is 10.0 Å². The summed E-state index contributed by atoms with van der Waals surface area (Å²) in [6, 6.07) is 6.34. The topological polar surface area (TPSA) is 86.8 Å². The third-order valence-electron chi connectivity index (χ3n) is 4.34. The number of hydrogen-bond donors (Lipinski definition) is 1. The maximum atomic E-state index is 12.3. The van der Waals surface area contributed by atoms with Gasteiger partial charge in [-0.05, 0) is 23.8 Å². The number of hydrogen-bond acceptors (Lipinski definition) is 4. The van der Waals surface area contributed by atoms with E-state index >= 15 is 0 Å². The van der Waals surface area contributed by atoms with Crippen LogP contribution in [-0.4, -0.2) is 62.8 Å². The van der Waals surface area contributed by atoms with Gasteiger partial charge in [-0.15, -0.1) is 0 Å². The first-order valence-corrected chi connectivity index (χ1v) is 10.6. The van der Waals surface area contributed by atoms with Crippen molar-refractivity contribution in [3.05, 3.63) is 35.9 Å². The Kier molecular flexibility index (Phi) is 7.15. The van der Waals surface area contributed by atoms with Crippen molar-refractivity contribution in [1.82, 2.24) is 14.5 Å². The molecule has 1 aliphatic rings. The number of nitrogens with one attached hydrogen (secondary N) is 1. The lowest BCUT2D eigenvalue weighted by atomic mass is 10.1. The maximum absolute atomic E-state index is 12.3. The zero-order valence-corrected chi connectivity index (χ0v) is 16.8. The Bertz CT molecular complexity index is 793. The molecule has 0 spiro atoms. The number of carbonyl (C=O) groups excluding carboxylic acids is 2. The van der Waals surface area contributed by atoms with Crippen LogP contribution in [0.25, 0.3) is 6.08 Å². The molecule has 1 fully saturated rings. The summed E-state index contributed by atoms with van der Waals surface area (Å²) in [4.78, 5) is 28.0. The highest BCUT2D eigenvalue weighted by atomic mass is 32.2. The van der Waals surface area contributed by atoms with Crippen LogP contribution in [0.4, 0.5) is 0 Å². The van der Waals surface area contributed by atoms with Gasteiger partial charge in [-0.1, -0.05) is 32.9 Å². The molecule has 1 aromatic rings. The van der Waals surface area contributed by atoms with Gasteiger partial charge >= 0.3 is 0 Å². The standard InChI is InChI=1S/C19H27N3O4S/c1-4-20-27(25,26)17-8-5-16(6-9-17)7-10-18(23)21-11-13-22(14-12-21)19(24)15(2)3/h5-10,15,20H,4,11-14H2,1-3H3/b10-7+. The average Bonchev–Trinajstić information content (AvgIpc) is 2.66. The highest BCUT2D eigenvalue weighted by Crippen LogP contribution is 2.12. The molecule has 27 heavy (non-hydrogen) atoms. The largest absolute Gasteiger partial charge is 0.339 e. The van der Waals surface area contributed by atoms with Crippen LogP contribution < -0.4 is 4.72 Å². The SMILES string of the molecule is CCNS(=O)(=O)c1ccc(/C=C/C(=O)N2CCN(C(=O)C(C)C)CC2)cc1. The number of amides is 2. The van der Waals surface area contributed by atoms with E-state index in [9.17, 15) is 18.0 Å². The second kappa shape index (κ2) is 9.14.